The zero-order valence-corrected chi connectivity index (χ0v) is 17.0. The fourth-order valence-electron chi connectivity index (χ4n) is 3.68. The Labute approximate surface area is 175 Å². The fraction of sp³-hybridized carbons (Fsp3) is 0.182. The van der Waals surface area contributed by atoms with Crippen molar-refractivity contribution in [1.29, 1.82) is 0 Å². The quantitative estimate of drug-likeness (QED) is 0.448. The fourth-order valence-corrected chi connectivity index (χ4v) is 3.68. The standard InChI is InChI=1S/C22H19FN6O2/c1-14-3-5-16(6-4-14)12-28-22(31)29-18-13-26(2)24-19(18)20(30)27(21(29)25-28)11-15-7-9-17(23)10-8-15/h3-10,13H,11-12H2,1-2H3. The molecule has 2 aromatic carbocycles. The predicted octanol–water partition coefficient (Wildman–Crippen LogP) is 2.09. The zero-order valence-electron chi connectivity index (χ0n) is 17.0. The second-order valence-corrected chi connectivity index (χ2v) is 7.62. The zero-order chi connectivity index (χ0) is 21.7. The van der Waals surface area contributed by atoms with Crippen LogP contribution in [0.15, 0.2) is 64.3 Å². The van der Waals surface area contributed by atoms with E-state index in [1.807, 2.05) is 31.2 Å². The van der Waals surface area contributed by atoms with Crippen LogP contribution in [0.2, 0.25) is 0 Å². The van der Waals surface area contributed by atoms with E-state index in [1.165, 1.54) is 30.5 Å². The van der Waals surface area contributed by atoms with Gasteiger partial charge in [0.25, 0.3) is 5.56 Å². The average molecular weight is 418 g/mol. The summed E-state index contributed by atoms with van der Waals surface area (Å²) >= 11 is 0. The van der Waals surface area contributed by atoms with Crippen molar-refractivity contribution in [3.8, 4) is 0 Å². The Bertz CT molecular complexity index is 1540. The van der Waals surface area contributed by atoms with Crippen LogP contribution in [0.3, 0.4) is 0 Å². The van der Waals surface area contributed by atoms with Crippen molar-refractivity contribution in [2.45, 2.75) is 20.0 Å². The van der Waals surface area contributed by atoms with Gasteiger partial charge in [-0.05, 0) is 30.2 Å². The average Bonchev–Trinajstić information content (AvgIpc) is 3.28. The first-order valence-electron chi connectivity index (χ1n) is 9.76. The van der Waals surface area contributed by atoms with E-state index in [9.17, 15) is 14.0 Å². The summed E-state index contributed by atoms with van der Waals surface area (Å²) in [5.41, 5.74) is 2.61. The third-order valence-corrected chi connectivity index (χ3v) is 5.27. The van der Waals surface area contributed by atoms with Crippen molar-refractivity contribution in [1.82, 2.24) is 28.5 Å². The lowest BCUT2D eigenvalue weighted by Crippen LogP contribution is -2.26. The molecule has 8 nitrogen and oxygen atoms in total. The molecule has 0 N–H and O–H groups in total. The van der Waals surface area contributed by atoms with Crippen LogP contribution in [0.5, 0.6) is 0 Å². The molecule has 0 saturated carbocycles. The lowest BCUT2D eigenvalue weighted by Gasteiger charge is -2.07. The van der Waals surface area contributed by atoms with Crippen LogP contribution in [0.25, 0.3) is 16.8 Å². The molecule has 9 heteroatoms. The third-order valence-electron chi connectivity index (χ3n) is 5.27. The SMILES string of the molecule is Cc1ccc(Cn2nc3n(Cc4ccc(F)cc4)c(=O)c4nn(C)cc4n3c2=O)cc1. The van der Waals surface area contributed by atoms with Gasteiger partial charge in [0.1, 0.15) is 11.3 Å². The van der Waals surface area contributed by atoms with E-state index in [2.05, 4.69) is 10.2 Å². The highest BCUT2D eigenvalue weighted by Crippen LogP contribution is 2.12. The minimum absolute atomic E-state index is 0.135. The van der Waals surface area contributed by atoms with Gasteiger partial charge >= 0.3 is 5.69 Å². The molecule has 156 valence electrons. The van der Waals surface area contributed by atoms with E-state index in [0.717, 1.165) is 11.1 Å². The number of nitrogens with zero attached hydrogens (tertiary/aromatic N) is 6. The second kappa shape index (κ2) is 7.05. The van der Waals surface area contributed by atoms with Gasteiger partial charge in [-0.2, -0.15) is 5.10 Å². The molecular formula is C22H19FN6O2. The monoisotopic (exact) mass is 418 g/mol. The number of hydrogen-bond donors (Lipinski definition) is 0. The van der Waals surface area contributed by atoms with Crippen molar-refractivity contribution < 1.29 is 4.39 Å². The molecular weight excluding hydrogens is 399 g/mol. The Morgan fingerprint density at radius 1 is 0.903 bits per heavy atom. The molecule has 5 aromatic rings. The minimum Gasteiger partial charge on any atom is -0.273 e. The first kappa shape index (κ1) is 19.0. The van der Waals surface area contributed by atoms with Crippen LogP contribution in [0.1, 0.15) is 16.7 Å². The smallest absolute Gasteiger partial charge is 0.273 e. The topological polar surface area (TPSA) is 79.1 Å². The van der Waals surface area contributed by atoms with E-state index in [0.29, 0.717) is 11.1 Å². The molecule has 0 fully saturated rings. The van der Waals surface area contributed by atoms with Gasteiger partial charge in [-0.15, -0.1) is 5.10 Å². The van der Waals surface area contributed by atoms with Gasteiger partial charge in [-0.3, -0.25) is 14.0 Å². The molecule has 31 heavy (non-hydrogen) atoms. The summed E-state index contributed by atoms with van der Waals surface area (Å²) in [5, 5.41) is 8.73. The molecule has 3 heterocycles. The second-order valence-electron chi connectivity index (χ2n) is 7.62. The molecule has 0 bridgehead atoms. The van der Waals surface area contributed by atoms with E-state index < -0.39 is 0 Å². The minimum atomic E-state index is -0.361. The highest BCUT2D eigenvalue weighted by atomic mass is 19.1. The van der Waals surface area contributed by atoms with Gasteiger partial charge in [0.15, 0.2) is 5.52 Å². The van der Waals surface area contributed by atoms with Crippen molar-refractivity contribution in [2.75, 3.05) is 0 Å². The number of fused-ring (bicyclic) bond motifs is 3. The molecule has 5 rings (SSSR count). The Balaban J connectivity index is 1.73. The normalized spacial score (nSPS) is 11.6. The molecule has 0 atom stereocenters. The van der Waals surface area contributed by atoms with Gasteiger partial charge in [-0.25, -0.2) is 18.3 Å². The first-order chi connectivity index (χ1) is 14.9. The Morgan fingerprint density at radius 3 is 2.26 bits per heavy atom. The maximum atomic E-state index is 13.3. The molecule has 0 spiro atoms. The van der Waals surface area contributed by atoms with Crippen LogP contribution in [0, 0.1) is 12.7 Å². The number of aryl methyl sites for hydroxylation is 2. The first-order valence-corrected chi connectivity index (χ1v) is 9.76. The Morgan fingerprint density at radius 2 is 1.55 bits per heavy atom. The summed E-state index contributed by atoms with van der Waals surface area (Å²) in [6.07, 6.45) is 1.63. The van der Waals surface area contributed by atoms with E-state index >= 15 is 0 Å². The summed E-state index contributed by atoms with van der Waals surface area (Å²) in [4.78, 5) is 26.4. The van der Waals surface area contributed by atoms with Crippen LogP contribution in [-0.2, 0) is 20.1 Å². The number of aromatic nitrogens is 6. The van der Waals surface area contributed by atoms with Crippen molar-refractivity contribution in [2.24, 2.45) is 7.05 Å². The number of halogens is 1. The van der Waals surface area contributed by atoms with Crippen LogP contribution in [-0.4, -0.2) is 28.5 Å². The predicted molar refractivity (Wildman–Crippen MR) is 114 cm³/mol. The molecule has 0 amide bonds. The lowest BCUT2D eigenvalue weighted by molar-refractivity contribution is 0.626. The maximum Gasteiger partial charge on any atom is 0.352 e. The van der Waals surface area contributed by atoms with Gasteiger partial charge in [0.05, 0.1) is 13.1 Å². The molecule has 3 aromatic heterocycles. The highest BCUT2D eigenvalue weighted by molar-refractivity contribution is 5.75. The summed E-state index contributed by atoms with van der Waals surface area (Å²) in [5.74, 6) is -0.146. The lowest BCUT2D eigenvalue weighted by atomic mass is 10.1. The van der Waals surface area contributed by atoms with E-state index in [4.69, 9.17) is 0 Å². The maximum absolute atomic E-state index is 13.3. The summed E-state index contributed by atoms with van der Waals surface area (Å²) < 4.78 is 19.0. The molecule has 0 saturated heterocycles. The van der Waals surface area contributed by atoms with Crippen LogP contribution >= 0.6 is 0 Å². The third kappa shape index (κ3) is 3.24. The van der Waals surface area contributed by atoms with Gasteiger partial charge in [-0.1, -0.05) is 42.0 Å². The van der Waals surface area contributed by atoms with Gasteiger partial charge in [0, 0.05) is 13.2 Å². The molecule has 0 aliphatic carbocycles. The van der Waals surface area contributed by atoms with Gasteiger partial charge in [0.2, 0.25) is 5.78 Å². The van der Waals surface area contributed by atoms with E-state index in [1.54, 1.807) is 25.4 Å². The summed E-state index contributed by atoms with van der Waals surface area (Å²) in [6, 6.07) is 13.7. The number of benzene rings is 2. The van der Waals surface area contributed by atoms with Crippen LogP contribution < -0.4 is 11.2 Å². The highest BCUT2D eigenvalue weighted by Gasteiger charge is 2.20. The summed E-state index contributed by atoms with van der Waals surface area (Å²) in [7, 11) is 1.69. The van der Waals surface area contributed by atoms with E-state index in [-0.39, 0.29) is 41.5 Å². The van der Waals surface area contributed by atoms with Crippen molar-refractivity contribution in [3.05, 3.63) is 98.1 Å². The molecule has 0 aliphatic heterocycles. The summed E-state index contributed by atoms with van der Waals surface area (Å²) in [6.45, 7) is 2.40. The Kier molecular flexibility index (Phi) is 4.32. The van der Waals surface area contributed by atoms with Crippen molar-refractivity contribution in [3.63, 3.8) is 0 Å². The largest absolute Gasteiger partial charge is 0.352 e. The molecule has 0 aliphatic rings. The van der Waals surface area contributed by atoms with Gasteiger partial charge < -0.3 is 0 Å². The van der Waals surface area contributed by atoms with Crippen LogP contribution in [0.4, 0.5) is 4.39 Å². The molecule has 0 radical (unpaired) electrons. The number of rotatable bonds is 4. The Hall–Kier alpha value is -4.01. The number of hydrogen-bond acceptors (Lipinski definition) is 4. The molecule has 0 unspecified atom stereocenters. The van der Waals surface area contributed by atoms with Crippen molar-refractivity contribution >= 4 is 16.8 Å².